The highest BCUT2D eigenvalue weighted by atomic mass is 32.1. The van der Waals surface area contributed by atoms with E-state index in [-0.39, 0.29) is 0 Å². The van der Waals surface area contributed by atoms with Gasteiger partial charge in [0.15, 0.2) is 0 Å². The van der Waals surface area contributed by atoms with E-state index in [1.807, 2.05) is 11.3 Å². The van der Waals surface area contributed by atoms with E-state index in [0.717, 1.165) is 12.1 Å². The lowest BCUT2D eigenvalue weighted by Crippen LogP contribution is -1.87. The molecule has 0 unspecified atom stereocenters. The molecule has 0 aliphatic rings. The maximum Gasteiger partial charge on any atom is 0.0976 e. The third kappa shape index (κ3) is 2.47. The molecule has 0 saturated carbocycles. The molecule has 4 rings (SSSR count). The first-order chi connectivity index (χ1) is 10.8. The summed E-state index contributed by atoms with van der Waals surface area (Å²) in [6.07, 6.45) is 0.909. The number of hydrogen-bond acceptors (Lipinski definition) is 3. The van der Waals surface area contributed by atoms with E-state index < -0.39 is 0 Å². The van der Waals surface area contributed by atoms with Gasteiger partial charge in [-0.05, 0) is 18.6 Å². The van der Waals surface area contributed by atoms with Gasteiger partial charge < -0.3 is 0 Å². The molecule has 0 N–H and O–H groups in total. The molecule has 0 fully saturated rings. The van der Waals surface area contributed by atoms with E-state index >= 15 is 0 Å². The van der Waals surface area contributed by atoms with Gasteiger partial charge in [0.25, 0.3) is 0 Å². The van der Waals surface area contributed by atoms with Crippen LogP contribution in [0.5, 0.6) is 0 Å². The van der Waals surface area contributed by atoms with Crippen molar-refractivity contribution in [2.75, 3.05) is 0 Å². The zero-order valence-electron chi connectivity index (χ0n) is 12.2. The second-order valence-corrected chi connectivity index (χ2v) is 7.52. The predicted octanol–water partition coefficient (Wildman–Crippen LogP) is 5.92. The Bertz CT molecular complexity index is 919. The molecule has 4 aromatic rings. The van der Waals surface area contributed by atoms with Gasteiger partial charge >= 0.3 is 0 Å². The van der Waals surface area contributed by atoms with Crippen LogP contribution in [0.25, 0.3) is 21.3 Å². The van der Waals surface area contributed by atoms with E-state index in [1.165, 1.54) is 31.1 Å². The van der Waals surface area contributed by atoms with E-state index in [0.29, 0.717) is 0 Å². The van der Waals surface area contributed by atoms with Crippen molar-refractivity contribution in [1.82, 2.24) is 4.98 Å². The van der Waals surface area contributed by atoms with Gasteiger partial charge in [0.05, 0.1) is 10.7 Å². The van der Waals surface area contributed by atoms with Gasteiger partial charge in [-0.3, -0.25) is 0 Å². The first-order valence-corrected chi connectivity index (χ1v) is 8.98. The number of thiazole rings is 1. The Morgan fingerprint density at radius 2 is 1.73 bits per heavy atom. The summed E-state index contributed by atoms with van der Waals surface area (Å²) < 4.78 is 1.34. The predicted molar refractivity (Wildman–Crippen MR) is 96.9 cm³/mol. The summed E-state index contributed by atoms with van der Waals surface area (Å²) in [6.45, 7) is 2.19. The molecule has 22 heavy (non-hydrogen) atoms. The Labute approximate surface area is 137 Å². The molecule has 2 heterocycles. The Hall–Kier alpha value is -1.97. The lowest BCUT2D eigenvalue weighted by molar-refractivity contribution is 1.14. The van der Waals surface area contributed by atoms with Gasteiger partial charge in [-0.2, -0.15) is 0 Å². The minimum Gasteiger partial charge on any atom is -0.241 e. The van der Waals surface area contributed by atoms with E-state index in [1.54, 1.807) is 11.3 Å². The molecule has 0 bridgehead atoms. The van der Waals surface area contributed by atoms with Crippen LogP contribution in [0, 0.1) is 6.92 Å². The van der Waals surface area contributed by atoms with Crippen LogP contribution in [0.4, 0.5) is 0 Å². The van der Waals surface area contributed by atoms with Crippen LogP contribution in [-0.2, 0) is 6.42 Å². The third-order valence-corrected chi connectivity index (χ3v) is 5.71. The number of fused-ring (bicyclic) bond motifs is 1. The first kappa shape index (κ1) is 13.7. The van der Waals surface area contributed by atoms with Crippen molar-refractivity contribution in [3.05, 3.63) is 75.4 Å². The van der Waals surface area contributed by atoms with Gasteiger partial charge in [0, 0.05) is 32.3 Å². The minimum absolute atomic E-state index is 0.909. The zero-order chi connectivity index (χ0) is 14.9. The monoisotopic (exact) mass is 321 g/mol. The Balaban J connectivity index is 1.73. The van der Waals surface area contributed by atoms with Gasteiger partial charge in [0.2, 0.25) is 0 Å². The normalized spacial score (nSPS) is 11.1. The van der Waals surface area contributed by atoms with Crippen LogP contribution in [0.15, 0.2) is 60.0 Å². The number of benzene rings is 2. The summed E-state index contributed by atoms with van der Waals surface area (Å²) in [5.41, 5.74) is 3.73. The largest absolute Gasteiger partial charge is 0.241 e. The molecule has 0 amide bonds. The van der Waals surface area contributed by atoms with E-state index in [2.05, 4.69) is 66.9 Å². The number of aromatic nitrogens is 1. The standard InChI is InChI=1S/C19H15NS2/c1-13-19(15-9-5-6-10-17(15)22-13)16-12-21-18(20-16)11-14-7-3-2-4-8-14/h2-10,12H,11H2,1H3. The van der Waals surface area contributed by atoms with Crippen molar-refractivity contribution in [3.8, 4) is 11.3 Å². The van der Waals surface area contributed by atoms with E-state index in [9.17, 15) is 0 Å². The second kappa shape index (κ2) is 5.67. The SMILES string of the molecule is Cc1sc2ccccc2c1-c1csc(Cc2ccccc2)n1. The van der Waals surface area contributed by atoms with Gasteiger partial charge in [-0.1, -0.05) is 48.5 Å². The van der Waals surface area contributed by atoms with Crippen molar-refractivity contribution in [2.24, 2.45) is 0 Å². The average molecular weight is 321 g/mol. The molecule has 0 saturated heterocycles. The van der Waals surface area contributed by atoms with Crippen LogP contribution in [0.2, 0.25) is 0 Å². The minimum atomic E-state index is 0.909. The van der Waals surface area contributed by atoms with Crippen molar-refractivity contribution in [2.45, 2.75) is 13.3 Å². The lowest BCUT2D eigenvalue weighted by Gasteiger charge is -1.98. The van der Waals surface area contributed by atoms with E-state index in [4.69, 9.17) is 4.98 Å². The fourth-order valence-electron chi connectivity index (χ4n) is 2.76. The molecular weight excluding hydrogens is 306 g/mol. The molecule has 108 valence electrons. The zero-order valence-corrected chi connectivity index (χ0v) is 13.9. The summed E-state index contributed by atoms with van der Waals surface area (Å²) in [5, 5.41) is 4.69. The first-order valence-electron chi connectivity index (χ1n) is 7.28. The van der Waals surface area contributed by atoms with Crippen LogP contribution < -0.4 is 0 Å². The molecule has 1 nitrogen and oxygen atoms in total. The summed E-state index contributed by atoms with van der Waals surface area (Å²) in [5.74, 6) is 0. The number of thiophene rings is 1. The molecule has 0 radical (unpaired) electrons. The highest BCUT2D eigenvalue weighted by molar-refractivity contribution is 7.19. The molecule has 2 aromatic heterocycles. The summed E-state index contributed by atoms with van der Waals surface area (Å²) in [6, 6.07) is 19.1. The molecule has 0 aliphatic carbocycles. The maximum atomic E-state index is 4.88. The number of aryl methyl sites for hydroxylation is 1. The van der Waals surface area contributed by atoms with Gasteiger partial charge in [-0.15, -0.1) is 22.7 Å². The van der Waals surface area contributed by atoms with Crippen molar-refractivity contribution in [1.29, 1.82) is 0 Å². The average Bonchev–Trinajstić information content (AvgIpc) is 3.11. The van der Waals surface area contributed by atoms with Crippen molar-refractivity contribution >= 4 is 32.8 Å². The Morgan fingerprint density at radius 1 is 0.955 bits per heavy atom. The van der Waals surface area contributed by atoms with Crippen LogP contribution in [0.3, 0.4) is 0 Å². The molecule has 3 heteroatoms. The second-order valence-electron chi connectivity index (χ2n) is 5.32. The lowest BCUT2D eigenvalue weighted by atomic mass is 10.1. The molecule has 2 aromatic carbocycles. The summed E-state index contributed by atoms with van der Waals surface area (Å²) >= 11 is 3.60. The molecule has 0 aliphatic heterocycles. The Kier molecular flexibility index (Phi) is 3.53. The molecular formula is C19H15NS2. The van der Waals surface area contributed by atoms with Crippen LogP contribution in [0.1, 0.15) is 15.4 Å². The molecule has 0 atom stereocenters. The fourth-order valence-corrected chi connectivity index (χ4v) is 4.66. The Morgan fingerprint density at radius 3 is 2.59 bits per heavy atom. The third-order valence-electron chi connectivity index (χ3n) is 3.78. The van der Waals surface area contributed by atoms with Crippen LogP contribution >= 0.6 is 22.7 Å². The number of hydrogen-bond donors (Lipinski definition) is 0. The smallest absolute Gasteiger partial charge is 0.0976 e. The van der Waals surface area contributed by atoms with Crippen molar-refractivity contribution in [3.63, 3.8) is 0 Å². The fraction of sp³-hybridized carbons (Fsp3) is 0.105. The topological polar surface area (TPSA) is 12.9 Å². The van der Waals surface area contributed by atoms with Gasteiger partial charge in [-0.25, -0.2) is 4.98 Å². The number of nitrogens with zero attached hydrogens (tertiary/aromatic N) is 1. The summed E-state index contributed by atoms with van der Waals surface area (Å²) in [4.78, 5) is 6.23. The number of rotatable bonds is 3. The maximum absolute atomic E-state index is 4.88. The van der Waals surface area contributed by atoms with Gasteiger partial charge in [0.1, 0.15) is 0 Å². The highest BCUT2D eigenvalue weighted by Crippen LogP contribution is 2.38. The summed E-state index contributed by atoms with van der Waals surface area (Å²) in [7, 11) is 0. The van der Waals surface area contributed by atoms with Crippen molar-refractivity contribution < 1.29 is 0 Å². The van der Waals surface area contributed by atoms with Crippen LogP contribution in [-0.4, -0.2) is 4.98 Å². The quantitative estimate of drug-likeness (QED) is 0.456. The highest BCUT2D eigenvalue weighted by Gasteiger charge is 2.13. The molecule has 0 spiro atoms.